The summed E-state index contributed by atoms with van der Waals surface area (Å²) in [4.78, 5) is 8.45. The topological polar surface area (TPSA) is 54.2 Å². The molecule has 0 saturated heterocycles. The van der Waals surface area contributed by atoms with Gasteiger partial charge in [0.25, 0.3) is 0 Å². The van der Waals surface area contributed by atoms with Crippen LogP contribution in [0.2, 0.25) is 0 Å². The van der Waals surface area contributed by atoms with E-state index in [4.69, 9.17) is 0 Å². The number of hydrogen-bond acceptors (Lipinski definition) is 2. The lowest BCUT2D eigenvalue weighted by Gasteiger charge is -2.17. The molecular weight excluding hydrogens is 473 g/mol. The lowest BCUT2D eigenvalue weighted by molar-refractivity contribution is 0.698. The summed E-state index contributed by atoms with van der Waals surface area (Å²) in [5, 5.41) is 6.84. The van der Waals surface area contributed by atoms with Crippen LogP contribution in [0, 0.1) is 6.92 Å². The third-order valence-electron chi connectivity index (χ3n) is 4.82. The van der Waals surface area contributed by atoms with E-state index in [1.54, 1.807) is 13.2 Å². The first-order valence-electron chi connectivity index (χ1n) is 9.68. The number of halogens is 1. The normalized spacial score (nSPS) is 12.2. The summed E-state index contributed by atoms with van der Waals surface area (Å²) in [6.45, 7) is 6.74. The van der Waals surface area contributed by atoms with Gasteiger partial charge in [-0.25, -0.2) is 4.98 Å². The van der Waals surface area contributed by atoms with Crippen molar-refractivity contribution in [2.75, 3.05) is 13.6 Å². The SMILES string of the molecule is CN=C(NCc1cccc(Cn2ccnc2)c1)NCC(C)c1ccc(C)cc1.I. The van der Waals surface area contributed by atoms with E-state index in [1.165, 1.54) is 22.3 Å². The summed E-state index contributed by atoms with van der Waals surface area (Å²) in [6, 6.07) is 17.3. The number of guanidine groups is 1. The molecule has 1 aromatic heterocycles. The van der Waals surface area contributed by atoms with Crippen LogP contribution >= 0.6 is 24.0 Å². The first-order chi connectivity index (χ1) is 13.6. The number of benzene rings is 2. The van der Waals surface area contributed by atoms with E-state index < -0.39 is 0 Å². The molecule has 0 bridgehead atoms. The molecule has 5 nitrogen and oxygen atoms in total. The minimum Gasteiger partial charge on any atom is -0.356 e. The van der Waals surface area contributed by atoms with Crippen molar-refractivity contribution in [3.05, 3.63) is 89.5 Å². The summed E-state index contributed by atoms with van der Waals surface area (Å²) in [6.07, 6.45) is 5.62. The fourth-order valence-electron chi connectivity index (χ4n) is 3.10. The summed E-state index contributed by atoms with van der Waals surface area (Å²) < 4.78 is 2.07. The van der Waals surface area contributed by atoms with Crippen molar-refractivity contribution in [2.45, 2.75) is 32.9 Å². The Morgan fingerprint density at radius 1 is 1.10 bits per heavy atom. The summed E-state index contributed by atoms with van der Waals surface area (Å²) in [5.74, 6) is 1.23. The molecule has 3 rings (SSSR count). The molecule has 3 aromatic rings. The average molecular weight is 503 g/mol. The van der Waals surface area contributed by atoms with Crippen LogP contribution in [0.4, 0.5) is 0 Å². The molecule has 1 unspecified atom stereocenters. The summed E-state index contributed by atoms with van der Waals surface area (Å²) in [5.41, 5.74) is 5.11. The molecule has 1 atom stereocenters. The zero-order valence-corrected chi connectivity index (χ0v) is 19.6. The monoisotopic (exact) mass is 503 g/mol. The number of aromatic nitrogens is 2. The molecule has 6 heteroatoms. The highest BCUT2D eigenvalue weighted by molar-refractivity contribution is 14.0. The second-order valence-corrected chi connectivity index (χ2v) is 7.17. The van der Waals surface area contributed by atoms with E-state index in [0.29, 0.717) is 5.92 Å². The highest BCUT2D eigenvalue weighted by Gasteiger charge is 2.07. The minimum absolute atomic E-state index is 0. The second kappa shape index (κ2) is 11.6. The largest absolute Gasteiger partial charge is 0.356 e. The lowest BCUT2D eigenvalue weighted by atomic mass is 10.0. The van der Waals surface area contributed by atoms with Crippen LogP contribution in [-0.4, -0.2) is 29.1 Å². The van der Waals surface area contributed by atoms with Crippen LogP contribution < -0.4 is 10.6 Å². The number of nitrogens with one attached hydrogen (secondary N) is 2. The van der Waals surface area contributed by atoms with Crippen molar-refractivity contribution < 1.29 is 0 Å². The number of aryl methyl sites for hydroxylation is 1. The van der Waals surface area contributed by atoms with Crippen LogP contribution in [0.5, 0.6) is 0 Å². The quantitative estimate of drug-likeness (QED) is 0.287. The number of nitrogens with zero attached hydrogens (tertiary/aromatic N) is 3. The molecule has 0 aliphatic heterocycles. The maximum Gasteiger partial charge on any atom is 0.191 e. The van der Waals surface area contributed by atoms with Crippen LogP contribution in [0.15, 0.2) is 72.2 Å². The molecule has 154 valence electrons. The number of rotatable bonds is 7. The fourth-order valence-corrected chi connectivity index (χ4v) is 3.10. The molecule has 0 spiro atoms. The van der Waals surface area contributed by atoms with Crippen molar-refractivity contribution in [1.29, 1.82) is 0 Å². The van der Waals surface area contributed by atoms with Gasteiger partial charge in [-0.05, 0) is 29.5 Å². The number of imidazole rings is 1. The molecule has 0 aliphatic rings. The van der Waals surface area contributed by atoms with Gasteiger partial charge in [-0.15, -0.1) is 24.0 Å². The molecule has 0 saturated carbocycles. The second-order valence-electron chi connectivity index (χ2n) is 7.17. The molecule has 0 fully saturated rings. The van der Waals surface area contributed by atoms with Crippen LogP contribution in [0.25, 0.3) is 0 Å². The number of hydrogen-bond donors (Lipinski definition) is 2. The third kappa shape index (κ3) is 7.20. The zero-order chi connectivity index (χ0) is 19.8. The zero-order valence-electron chi connectivity index (χ0n) is 17.3. The molecule has 2 N–H and O–H groups in total. The van der Waals surface area contributed by atoms with Gasteiger partial charge in [0, 0.05) is 39.1 Å². The van der Waals surface area contributed by atoms with E-state index >= 15 is 0 Å². The molecular formula is C23H30IN5. The first kappa shape index (κ1) is 22.9. The van der Waals surface area contributed by atoms with Gasteiger partial charge in [0.2, 0.25) is 0 Å². The van der Waals surface area contributed by atoms with Crippen molar-refractivity contribution in [2.24, 2.45) is 4.99 Å². The Hall–Kier alpha value is -2.35. The van der Waals surface area contributed by atoms with Gasteiger partial charge in [0.15, 0.2) is 5.96 Å². The summed E-state index contributed by atoms with van der Waals surface area (Å²) in [7, 11) is 1.81. The van der Waals surface area contributed by atoms with E-state index in [0.717, 1.165) is 25.6 Å². The van der Waals surface area contributed by atoms with Crippen LogP contribution in [0.1, 0.15) is 35.1 Å². The molecule has 0 radical (unpaired) electrons. The van der Waals surface area contributed by atoms with Gasteiger partial charge in [-0.3, -0.25) is 4.99 Å². The highest BCUT2D eigenvalue weighted by Crippen LogP contribution is 2.14. The minimum atomic E-state index is 0. The van der Waals surface area contributed by atoms with Crippen LogP contribution in [0.3, 0.4) is 0 Å². The molecule has 0 aliphatic carbocycles. The van der Waals surface area contributed by atoms with Gasteiger partial charge in [0.05, 0.1) is 6.33 Å². The Morgan fingerprint density at radius 2 is 1.86 bits per heavy atom. The smallest absolute Gasteiger partial charge is 0.191 e. The van der Waals surface area contributed by atoms with Gasteiger partial charge in [0.1, 0.15) is 0 Å². The first-order valence-corrected chi connectivity index (χ1v) is 9.68. The molecule has 29 heavy (non-hydrogen) atoms. The Kier molecular flexibility index (Phi) is 9.18. The maximum atomic E-state index is 4.35. The molecule has 1 heterocycles. The maximum absolute atomic E-state index is 4.35. The van der Waals surface area contributed by atoms with Gasteiger partial charge >= 0.3 is 0 Å². The van der Waals surface area contributed by atoms with Crippen molar-refractivity contribution >= 4 is 29.9 Å². The van der Waals surface area contributed by atoms with E-state index in [9.17, 15) is 0 Å². The standard InChI is InChI=1S/C23H29N5.HI/c1-18-7-9-22(10-8-18)19(2)14-26-23(24-3)27-15-20-5-4-6-21(13-20)16-28-12-11-25-17-28;/h4-13,17,19H,14-16H2,1-3H3,(H2,24,26,27);1H. The molecule has 0 amide bonds. The Morgan fingerprint density at radius 3 is 2.55 bits per heavy atom. The van der Waals surface area contributed by atoms with E-state index in [2.05, 4.69) is 87.6 Å². The van der Waals surface area contributed by atoms with Gasteiger partial charge in [-0.1, -0.05) is 61.0 Å². The van der Waals surface area contributed by atoms with Crippen molar-refractivity contribution in [3.8, 4) is 0 Å². The third-order valence-corrected chi connectivity index (χ3v) is 4.82. The van der Waals surface area contributed by atoms with Crippen molar-refractivity contribution in [1.82, 2.24) is 20.2 Å². The van der Waals surface area contributed by atoms with Crippen LogP contribution in [-0.2, 0) is 13.1 Å². The van der Waals surface area contributed by atoms with E-state index in [1.807, 2.05) is 12.5 Å². The van der Waals surface area contributed by atoms with E-state index in [-0.39, 0.29) is 24.0 Å². The summed E-state index contributed by atoms with van der Waals surface area (Å²) >= 11 is 0. The Labute approximate surface area is 190 Å². The highest BCUT2D eigenvalue weighted by atomic mass is 127. The fraction of sp³-hybridized carbons (Fsp3) is 0.304. The predicted octanol–water partition coefficient (Wildman–Crippen LogP) is 4.33. The Balaban J connectivity index is 0.00000300. The van der Waals surface area contributed by atoms with Gasteiger partial charge in [-0.2, -0.15) is 0 Å². The number of aliphatic imine (C=N–C) groups is 1. The van der Waals surface area contributed by atoms with Crippen molar-refractivity contribution in [3.63, 3.8) is 0 Å². The Bertz CT molecular complexity index is 888. The molecule has 2 aromatic carbocycles. The van der Waals surface area contributed by atoms with Gasteiger partial charge < -0.3 is 15.2 Å². The average Bonchev–Trinajstić information content (AvgIpc) is 3.22. The lowest BCUT2D eigenvalue weighted by Crippen LogP contribution is -2.38. The predicted molar refractivity (Wildman–Crippen MR) is 131 cm³/mol.